The molecule has 0 spiro atoms. The van der Waals surface area contributed by atoms with Gasteiger partial charge in [-0.15, -0.1) is 23.2 Å². The normalized spacial score (nSPS) is 20.3. The average Bonchev–Trinajstić information content (AvgIpc) is 3.18. The van der Waals surface area contributed by atoms with E-state index in [0.29, 0.717) is 22.0 Å². The van der Waals surface area contributed by atoms with Gasteiger partial charge in [0.25, 0.3) is 0 Å². The van der Waals surface area contributed by atoms with Crippen LogP contribution in [-0.4, -0.2) is 16.5 Å². The van der Waals surface area contributed by atoms with Crippen molar-refractivity contribution in [3.05, 3.63) is 69.7 Å². The van der Waals surface area contributed by atoms with Crippen LogP contribution < -0.4 is 5.32 Å². The van der Waals surface area contributed by atoms with Crippen LogP contribution in [0.1, 0.15) is 27.4 Å². The number of halogens is 4. The summed E-state index contributed by atoms with van der Waals surface area (Å²) in [6.45, 7) is 3.72. The van der Waals surface area contributed by atoms with Gasteiger partial charge in [0, 0.05) is 22.2 Å². The zero-order valence-electron chi connectivity index (χ0n) is 13.3. The SMILES string of the molecule is C=Cc1cc(Cl)cc(C2C(C(=O)Nc3ccc(Cl)c(C=O)c3)C2(Cl)Cl)c1. The number of nitrogens with one attached hydrogen (secondary N) is 1. The van der Waals surface area contributed by atoms with Crippen molar-refractivity contribution >= 4 is 70.4 Å². The smallest absolute Gasteiger partial charge is 0.231 e. The molecule has 2 atom stereocenters. The van der Waals surface area contributed by atoms with E-state index in [0.717, 1.165) is 11.1 Å². The van der Waals surface area contributed by atoms with Crippen LogP contribution in [0.2, 0.25) is 10.0 Å². The third-order valence-corrected chi connectivity index (χ3v) is 5.77. The molecule has 1 aliphatic rings. The van der Waals surface area contributed by atoms with E-state index in [-0.39, 0.29) is 11.5 Å². The molecule has 0 aliphatic heterocycles. The quantitative estimate of drug-likeness (QED) is 0.470. The first-order valence-electron chi connectivity index (χ1n) is 7.64. The monoisotopic (exact) mass is 427 g/mol. The number of aldehydes is 1. The Kier molecular flexibility index (Phi) is 5.36. The predicted octanol–water partition coefficient (Wildman–Crippen LogP) is 5.97. The van der Waals surface area contributed by atoms with Crippen molar-refractivity contribution in [1.82, 2.24) is 0 Å². The van der Waals surface area contributed by atoms with E-state index in [1.165, 1.54) is 12.1 Å². The van der Waals surface area contributed by atoms with Gasteiger partial charge in [0.15, 0.2) is 6.29 Å². The Morgan fingerprint density at radius 2 is 1.88 bits per heavy atom. The number of carbonyl (C=O) groups is 2. The Balaban J connectivity index is 1.83. The molecule has 1 fully saturated rings. The molecule has 2 aromatic rings. The van der Waals surface area contributed by atoms with Crippen LogP contribution in [0.15, 0.2) is 43.0 Å². The first kappa shape index (κ1) is 19.2. The van der Waals surface area contributed by atoms with Crippen molar-refractivity contribution in [2.24, 2.45) is 5.92 Å². The molecule has 2 unspecified atom stereocenters. The van der Waals surface area contributed by atoms with Gasteiger partial charge in [0.1, 0.15) is 4.33 Å². The lowest BCUT2D eigenvalue weighted by molar-refractivity contribution is -0.117. The Morgan fingerprint density at radius 1 is 1.15 bits per heavy atom. The third-order valence-electron chi connectivity index (χ3n) is 4.26. The summed E-state index contributed by atoms with van der Waals surface area (Å²) in [5, 5.41) is 3.55. The van der Waals surface area contributed by atoms with Crippen molar-refractivity contribution in [2.75, 3.05) is 5.32 Å². The van der Waals surface area contributed by atoms with Crippen molar-refractivity contribution in [3.63, 3.8) is 0 Å². The molecule has 1 N–H and O–H groups in total. The number of carbonyl (C=O) groups excluding carboxylic acids is 2. The molecule has 0 saturated heterocycles. The average molecular weight is 429 g/mol. The number of rotatable bonds is 5. The third kappa shape index (κ3) is 3.63. The number of hydrogen-bond acceptors (Lipinski definition) is 2. The minimum absolute atomic E-state index is 0.283. The van der Waals surface area contributed by atoms with Gasteiger partial charge in [-0.3, -0.25) is 9.59 Å². The second kappa shape index (κ2) is 7.24. The molecular weight excluding hydrogens is 416 g/mol. The molecule has 0 aromatic heterocycles. The van der Waals surface area contributed by atoms with Gasteiger partial charge in [-0.1, -0.05) is 41.9 Å². The van der Waals surface area contributed by atoms with Crippen LogP contribution in [0, 0.1) is 5.92 Å². The summed E-state index contributed by atoms with van der Waals surface area (Å²) in [6, 6.07) is 9.97. The fraction of sp³-hybridized carbons (Fsp3) is 0.158. The Labute approximate surface area is 170 Å². The van der Waals surface area contributed by atoms with Crippen LogP contribution >= 0.6 is 46.4 Å². The maximum Gasteiger partial charge on any atom is 0.231 e. The van der Waals surface area contributed by atoms with Gasteiger partial charge < -0.3 is 5.32 Å². The molecule has 0 heterocycles. The number of benzene rings is 2. The summed E-state index contributed by atoms with van der Waals surface area (Å²) < 4.78 is -1.24. The standard InChI is InChI=1S/C19H13Cl4NO2/c1-2-10-5-11(7-13(20)6-10)16-17(19(16,22)23)18(26)24-14-3-4-15(21)12(8-14)9-25/h2-9,16-17H,1H2,(H,24,26). The highest BCUT2D eigenvalue weighted by molar-refractivity contribution is 6.53. The topological polar surface area (TPSA) is 46.2 Å². The lowest BCUT2D eigenvalue weighted by Gasteiger charge is -2.07. The summed E-state index contributed by atoms with van der Waals surface area (Å²) in [4.78, 5) is 23.6. The van der Waals surface area contributed by atoms with E-state index in [1.807, 2.05) is 6.07 Å². The van der Waals surface area contributed by atoms with E-state index in [4.69, 9.17) is 46.4 Å². The number of hydrogen-bond donors (Lipinski definition) is 1. The van der Waals surface area contributed by atoms with Gasteiger partial charge in [-0.25, -0.2) is 0 Å². The Morgan fingerprint density at radius 3 is 2.54 bits per heavy atom. The second-order valence-electron chi connectivity index (χ2n) is 6.00. The van der Waals surface area contributed by atoms with E-state index in [2.05, 4.69) is 11.9 Å². The van der Waals surface area contributed by atoms with Gasteiger partial charge in [0.05, 0.1) is 10.9 Å². The predicted molar refractivity (Wildman–Crippen MR) is 108 cm³/mol. The van der Waals surface area contributed by atoms with Crippen LogP contribution in [0.5, 0.6) is 0 Å². The lowest BCUT2D eigenvalue weighted by Crippen LogP contribution is -2.17. The van der Waals surface area contributed by atoms with Crippen LogP contribution in [-0.2, 0) is 4.79 Å². The van der Waals surface area contributed by atoms with Crippen LogP contribution in [0.3, 0.4) is 0 Å². The highest BCUT2D eigenvalue weighted by Crippen LogP contribution is 2.65. The molecule has 134 valence electrons. The van der Waals surface area contributed by atoms with Crippen LogP contribution in [0.4, 0.5) is 5.69 Å². The zero-order chi connectivity index (χ0) is 19.1. The number of amides is 1. The number of anilines is 1. The summed E-state index contributed by atoms with van der Waals surface area (Å²) in [6.07, 6.45) is 2.28. The maximum absolute atomic E-state index is 12.6. The summed E-state index contributed by atoms with van der Waals surface area (Å²) >= 11 is 24.7. The van der Waals surface area contributed by atoms with E-state index in [9.17, 15) is 9.59 Å². The summed E-state index contributed by atoms with van der Waals surface area (Å²) in [5.74, 6) is -1.40. The van der Waals surface area contributed by atoms with Gasteiger partial charge in [0.2, 0.25) is 5.91 Å². The van der Waals surface area contributed by atoms with Gasteiger partial charge in [-0.05, 0) is 41.5 Å². The van der Waals surface area contributed by atoms with Crippen molar-refractivity contribution in [3.8, 4) is 0 Å². The van der Waals surface area contributed by atoms with Crippen LogP contribution in [0.25, 0.3) is 6.08 Å². The molecule has 1 saturated carbocycles. The minimum atomic E-state index is -1.24. The first-order valence-corrected chi connectivity index (χ1v) is 9.15. The molecule has 1 amide bonds. The molecular formula is C19H13Cl4NO2. The summed E-state index contributed by atoms with van der Waals surface area (Å²) in [5.41, 5.74) is 2.30. The molecule has 0 bridgehead atoms. The molecule has 3 nitrogen and oxygen atoms in total. The molecule has 3 rings (SSSR count). The Hall–Kier alpha value is -1.52. The lowest BCUT2D eigenvalue weighted by atomic mass is 10.1. The molecule has 2 aromatic carbocycles. The largest absolute Gasteiger partial charge is 0.326 e. The summed E-state index contributed by atoms with van der Waals surface area (Å²) in [7, 11) is 0. The molecule has 26 heavy (non-hydrogen) atoms. The Bertz CT molecular complexity index is 910. The van der Waals surface area contributed by atoms with Crippen molar-refractivity contribution < 1.29 is 9.59 Å². The van der Waals surface area contributed by atoms with Gasteiger partial charge >= 0.3 is 0 Å². The van der Waals surface area contributed by atoms with Crippen molar-refractivity contribution in [1.29, 1.82) is 0 Å². The molecule has 7 heteroatoms. The second-order valence-corrected chi connectivity index (χ2v) is 8.28. The minimum Gasteiger partial charge on any atom is -0.326 e. The highest BCUT2D eigenvalue weighted by Gasteiger charge is 2.67. The highest BCUT2D eigenvalue weighted by atomic mass is 35.5. The van der Waals surface area contributed by atoms with E-state index >= 15 is 0 Å². The zero-order valence-corrected chi connectivity index (χ0v) is 16.3. The van der Waals surface area contributed by atoms with E-state index < -0.39 is 16.2 Å². The van der Waals surface area contributed by atoms with Crippen molar-refractivity contribution in [2.45, 2.75) is 10.3 Å². The fourth-order valence-electron chi connectivity index (χ4n) is 2.93. The fourth-order valence-corrected chi connectivity index (χ4v) is 4.18. The van der Waals surface area contributed by atoms with E-state index in [1.54, 1.807) is 24.3 Å². The molecule has 1 aliphatic carbocycles. The molecule has 0 radical (unpaired) electrons. The first-order chi connectivity index (χ1) is 12.3. The maximum atomic E-state index is 12.6. The van der Waals surface area contributed by atoms with Gasteiger partial charge in [-0.2, -0.15) is 0 Å². The number of alkyl halides is 2.